The first kappa shape index (κ1) is 13.1. The van der Waals surface area contributed by atoms with Crippen LogP contribution in [-0.2, 0) is 19.1 Å². The second-order valence-electron chi connectivity index (χ2n) is 5.38. The lowest BCUT2D eigenvalue weighted by molar-refractivity contribution is -0.162. The van der Waals surface area contributed by atoms with Gasteiger partial charge in [-0.1, -0.05) is 5.57 Å². The summed E-state index contributed by atoms with van der Waals surface area (Å²) in [5, 5.41) is 10.2. The van der Waals surface area contributed by atoms with Gasteiger partial charge in [0.15, 0.2) is 5.60 Å². The van der Waals surface area contributed by atoms with Gasteiger partial charge in [-0.3, -0.25) is 4.79 Å². The molecule has 2 aliphatic rings. The Bertz CT molecular complexity index is 402. The van der Waals surface area contributed by atoms with Crippen molar-refractivity contribution in [3.8, 4) is 0 Å². The maximum Gasteiger partial charge on any atom is 0.338 e. The number of rotatable bonds is 3. The fraction of sp³-hybridized carbons (Fsp3) is 0.692. The highest BCUT2D eigenvalue weighted by Gasteiger charge is 2.58. The number of allylic oxidation sites excluding steroid dienone is 1. The summed E-state index contributed by atoms with van der Waals surface area (Å²) in [6.45, 7) is 7.03. The number of fused-ring (bicyclic) bond motifs is 2. The maximum absolute atomic E-state index is 11.6. The predicted octanol–water partition coefficient (Wildman–Crippen LogP) is 0.951. The molecule has 18 heavy (non-hydrogen) atoms. The van der Waals surface area contributed by atoms with E-state index >= 15 is 0 Å². The van der Waals surface area contributed by atoms with E-state index in [4.69, 9.17) is 9.47 Å². The van der Waals surface area contributed by atoms with Crippen LogP contribution in [0.4, 0.5) is 0 Å². The van der Waals surface area contributed by atoms with Crippen LogP contribution in [0.2, 0.25) is 0 Å². The molecule has 0 aromatic rings. The molecule has 5 heteroatoms. The summed E-state index contributed by atoms with van der Waals surface area (Å²) in [4.78, 5) is 22.7. The molecule has 4 atom stereocenters. The Balaban J connectivity index is 2.22. The van der Waals surface area contributed by atoms with Crippen molar-refractivity contribution in [3.63, 3.8) is 0 Å². The predicted molar refractivity (Wildman–Crippen MR) is 62.5 cm³/mol. The third-order valence-corrected chi connectivity index (χ3v) is 3.52. The molecule has 5 nitrogen and oxygen atoms in total. The lowest BCUT2D eigenvalue weighted by atomic mass is 9.74. The van der Waals surface area contributed by atoms with E-state index in [-0.39, 0.29) is 18.8 Å². The molecule has 1 aliphatic carbocycles. The van der Waals surface area contributed by atoms with E-state index in [9.17, 15) is 14.7 Å². The van der Waals surface area contributed by atoms with Gasteiger partial charge in [-0.05, 0) is 19.8 Å². The second kappa shape index (κ2) is 4.39. The van der Waals surface area contributed by atoms with Gasteiger partial charge in [0.25, 0.3) is 0 Å². The molecule has 1 aliphatic heterocycles. The molecular formula is C13H18O5. The summed E-state index contributed by atoms with van der Waals surface area (Å²) in [5.74, 6) is -1.13. The van der Waals surface area contributed by atoms with Gasteiger partial charge in [0.2, 0.25) is 0 Å². The standard InChI is InChI=1S/C13H18O5/c1-7(2)4-9-5-13(16)6-10(18-12(13)15)11(9)17-8(3)14/h9-11,16H,1,4-6H2,2-3H3/t9-,10+,11+,13-/m0/s1. The minimum absolute atomic E-state index is 0.124. The van der Waals surface area contributed by atoms with Crippen LogP contribution in [-0.4, -0.2) is 34.9 Å². The van der Waals surface area contributed by atoms with Crippen LogP contribution in [0, 0.1) is 5.92 Å². The first-order valence-electron chi connectivity index (χ1n) is 6.07. The van der Waals surface area contributed by atoms with Crippen molar-refractivity contribution in [2.75, 3.05) is 0 Å². The summed E-state index contributed by atoms with van der Waals surface area (Å²) in [7, 11) is 0. The monoisotopic (exact) mass is 254 g/mol. The minimum atomic E-state index is -1.42. The molecule has 1 heterocycles. The number of aliphatic hydroxyl groups is 1. The molecule has 100 valence electrons. The van der Waals surface area contributed by atoms with Crippen LogP contribution in [0.5, 0.6) is 0 Å². The Morgan fingerprint density at radius 1 is 1.56 bits per heavy atom. The largest absolute Gasteiger partial charge is 0.458 e. The molecule has 2 bridgehead atoms. The van der Waals surface area contributed by atoms with Crippen LogP contribution in [0.25, 0.3) is 0 Å². The van der Waals surface area contributed by atoms with Crippen LogP contribution < -0.4 is 0 Å². The highest BCUT2D eigenvalue weighted by molar-refractivity contribution is 5.82. The quantitative estimate of drug-likeness (QED) is 0.599. The van der Waals surface area contributed by atoms with E-state index in [1.54, 1.807) is 0 Å². The van der Waals surface area contributed by atoms with E-state index in [0.29, 0.717) is 6.42 Å². The zero-order valence-electron chi connectivity index (χ0n) is 10.6. The SMILES string of the molecule is C=C(C)C[C@H]1C[C@]2(O)C[C@@H](OC2=O)[C@@H]1OC(C)=O. The number of ether oxygens (including phenoxy) is 2. The van der Waals surface area contributed by atoms with Crippen molar-refractivity contribution in [3.05, 3.63) is 12.2 Å². The molecule has 2 fully saturated rings. The lowest BCUT2D eigenvalue weighted by Gasteiger charge is -2.36. The van der Waals surface area contributed by atoms with E-state index in [1.807, 2.05) is 6.92 Å². The number of carbonyl (C=O) groups is 2. The van der Waals surface area contributed by atoms with Gasteiger partial charge >= 0.3 is 11.9 Å². The lowest BCUT2D eigenvalue weighted by Crippen LogP contribution is -2.47. The molecule has 0 amide bonds. The van der Waals surface area contributed by atoms with Gasteiger partial charge < -0.3 is 14.6 Å². The highest BCUT2D eigenvalue weighted by atomic mass is 16.6. The zero-order valence-corrected chi connectivity index (χ0v) is 10.6. The number of carbonyl (C=O) groups excluding carboxylic acids is 2. The first-order valence-corrected chi connectivity index (χ1v) is 6.07. The zero-order chi connectivity index (χ0) is 13.5. The number of hydrogen-bond donors (Lipinski definition) is 1. The Morgan fingerprint density at radius 3 is 2.78 bits per heavy atom. The smallest absolute Gasteiger partial charge is 0.338 e. The fourth-order valence-electron chi connectivity index (χ4n) is 2.91. The van der Waals surface area contributed by atoms with Crippen molar-refractivity contribution in [2.24, 2.45) is 5.92 Å². The first-order chi connectivity index (χ1) is 8.32. The summed E-state index contributed by atoms with van der Waals surface area (Å²) in [6.07, 6.45) is 0.0484. The summed E-state index contributed by atoms with van der Waals surface area (Å²) in [6, 6.07) is 0. The Labute approximate surface area is 106 Å². The number of esters is 2. The highest BCUT2D eigenvalue weighted by Crippen LogP contribution is 2.44. The topological polar surface area (TPSA) is 72.8 Å². The van der Waals surface area contributed by atoms with Gasteiger partial charge in [0.05, 0.1) is 0 Å². The molecule has 0 aromatic heterocycles. The molecule has 1 saturated heterocycles. The van der Waals surface area contributed by atoms with Gasteiger partial charge in [-0.15, -0.1) is 6.58 Å². The van der Waals surface area contributed by atoms with Gasteiger partial charge in [0, 0.05) is 19.3 Å². The summed E-state index contributed by atoms with van der Waals surface area (Å²) in [5.41, 5.74) is -0.490. The second-order valence-corrected chi connectivity index (χ2v) is 5.38. The van der Waals surface area contributed by atoms with Crippen molar-refractivity contribution < 1.29 is 24.2 Å². The van der Waals surface area contributed by atoms with E-state index in [2.05, 4.69) is 6.58 Å². The van der Waals surface area contributed by atoms with Crippen LogP contribution in [0.1, 0.15) is 33.1 Å². The molecular weight excluding hydrogens is 236 g/mol. The normalized spacial score (nSPS) is 38.2. The van der Waals surface area contributed by atoms with Crippen molar-refractivity contribution in [1.29, 1.82) is 0 Å². The Kier molecular flexibility index (Phi) is 3.19. The average molecular weight is 254 g/mol. The van der Waals surface area contributed by atoms with Crippen LogP contribution in [0.15, 0.2) is 12.2 Å². The Morgan fingerprint density at radius 2 is 2.22 bits per heavy atom. The molecule has 0 unspecified atom stereocenters. The van der Waals surface area contributed by atoms with E-state index in [1.165, 1.54) is 6.92 Å². The summed E-state index contributed by atoms with van der Waals surface area (Å²) >= 11 is 0. The van der Waals surface area contributed by atoms with Crippen molar-refractivity contribution >= 4 is 11.9 Å². The van der Waals surface area contributed by atoms with Crippen molar-refractivity contribution in [1.82, 2.24) is 0 Å². The fourth-order valence-corrected chi connectivity index (χ4v) is 2.91. The van der Waals surface area contributed by atoms with Crippen LogP contribution in [0.3, 0.4) is 0 Å². The molecule has 1 saturated carbocycles. The van der Waals surface area contributed by atoms with Crippen LogP contribution >= 0.6 is 0 Å². The van der Waals surface area contributed by atoms with Gasteiger partial charge in [-0.25, -0.2) is 4.79 Å². The molecule has 2 rings (SSSR count). The maximum atomic E-state index is 11.6. The van der Waals surface area contributed by atoms with E-state index in [0.717, 1.165) is 5.57 Å². The van der Waals surface area contributed by atoms with E-state index < -0.39 is 29.7 Å². The number of hydrogen-bond acceptors (Lipinski definition) is 5. The van der Waals surface area contributed by atoms with Crippen molar-refractivity contribution in [2.45, 2.75) is 50.9 Å². The van der Waals surface area contributed by atoms with Gasteiger partial charge in [0.1, 0.15) is 12.2 Å². The third-order valence-electron chi connectivity index (χ3n) is 3.52. The van der Waals surface area contributed by atoms with Gasteiger partial charge in [-0.2, -0.15) is 0 Å². The minimum Gasteiger partial charge on any atom is -0.458 e. The molecule has 0 spiro atoms. The summed E-state index contributed by atoms with van der Waals surface area (Å²) < 4.78 is 10.4. The third kappa shape index (κ3) is 2.27. The molecule has 0 aromatic carbocycles. The molecule has 1 N–H and O–H groups in total. The molecule has 0 radical (unpaired) electrons. The Hall–Kier alpha value is -1.36. The average Bonchev–Trinajstić information content (AvgIpc) is 2.45.